The maximum Gasteiger partial charge on any atom is 0.296 e. The molecule has 33 heavy (non-hydrogen) atoms. The van der Waals surface area contributed by atoms with Crippen molar-refractivity contribution in [1.29, 1.82) is 0 Å². The van der Waals surface area contributed by atoms with E-state index in [4.69, 9.17) is 44.1 Å². The number of nitrogens with two attached hydrogens (primary N) is 6. The van der Waals surface area contributed by atoms with Gasteiger partial charge >= 0.3 is 0 Å². The van der Waals surface area contributed by atoms with Gasteiger partial charge in [0.15, 0.2) is 0 Å². The van der Waals surface area contributed by atoms with Gasteiger partial charge in [-0.1, -0.05) is 33.8 Å². The minimum atomic E-state index is -4.23. The molecule has 0 aliphatic rings. The first-order chi connectivity index (χ1) is 15.4. The second-order valence-electron chi connectivity index (χ2n) is 5.76. The average Bonchev–Trinajstić information content (AvgIpc) is 2.74. The van der Waals surface area contributed by atoms with Gasteiger partial charge in [-0.15, -0.1) is 0 Å². The molecular formula is C22H36N6O4S. The van der Waals surface area contributed by atoms with E-state index >= 15 is 0 Å². The van der Waals surface area contributed by atoms with Crippen molar-refractivity contribution in [3.05, 3.63) is 60.7 Å². The van der Waals surface area contributed by atoms with Crippen molar-refractivity contribution in [2.45, 2.75) is 32.6 Å². The molecule has 3 aromatic rings. The van der Waals surface area contributed by atoms with Gasteiger partial charge in [0.25, 0.3) is 10.1 Å². The lowest BCUT2D eigenvalue weighted by Gasteiger charge is -2.01. The first-order valence-corrected chi connectivity index (χ1v) is 11.4. The van der Waals surface area contributed by atoms with Gasteiger partial charge in [-0.2, -0.15) is 8.42 Å². The Kier molecular flexibility index (Phi) is 15.1. The van der Waals surface area contributed by atoms with Crippen LogP contribution < -0.4 is 34.4 Å². The summed E-state index contributed by atoms with van der Waals surface area (Å²) in [5, 5.41) is 8.86. The van der Waals surface area contributed by atoms with Crippen LogP contribution in [0, 0.1) is 0 Å². The van der Waals surface area contributed by atoms with Crippen LogP contribution in [0.1, 0.15) is 27.7 Å². The van der Waals surface area contributed by atoms with Gasteiger partial charge < -0.3 is 39.5 Å². The molecule has 0 amide bonds. The summed E-state index contributed by atoms with van der Waals surface area (Å²) >= 11 is 0. The number of phenolic OH excluding ortho intramolecular Hbond substituents is 1. The number of hydrogen-bond donors (Lipinski definition) is 8. The number of benzene rings is 3. The van der Waals surface area contributed by atoms with Crippen LogP contribution in [-0.2, 0) is 10.1 Å². The zero-order chi connectivity index (χ0) is 26.2. The molecule has 3 aromatic carbocycles. The minimum absolute atomic E-state index is 0.0579. The molecule has 0 bridgehead atoms. The summed E-state index contributed by atoms with van der Waals surface area (Å²) in [5.74, 6) is 0.0733. The molecule has 184 valence electrons. The number of rotatable bonds is 1. The molecule has 0 heterocycles. The van der Waals surface area contributed by atoms with Crippen LogP contribution in [0.3, 0.4) is 0 Å². The third kappa shape index (κ3) is 13.2. The normalized spacial score (nSPS) is 9.24. The van der Waals surface area contributed by atoms with Crippen LogP contribution in [0.5, 0.6) is 5.75 Å². The lowest BCUT2D eigenvalue weighted by molar-refractivity contribution is 0.478. The number of anilines is 6. The monoisotopic (exact) mass is 480 g/mol. The van der Waals surface area contributed by atoms with Gasteiger partial charge in [-0.25, -0.2) is 0 Å². The molecule has 3 rings (SSSR count). The Balaban J connectivity index is 0. The van der Waals surface area contributed by atoms with Crippen molar-refractivity contribution in [3.8, 4) is 5.75 Å². The Bertz CT molecular complexity index is 1060. The van der Waals surface area contributed by atoms with E-state index in [2.05, 4.69) is 0 Å². The maximum atomic E-state index is 10.6. The van der Waals surface area contributed by atoms with E-state index in [1.165, 1.54) is 24.3 Å². The fourth-order valence-electron chi connectivity index (χ4n) is 1.93. The van der Waals surface area contributed by atoms with E-state index in [1.54, 1.807) is 24.3 Å². The Morgan fingerprint density at radius 2 is 1.00 bits per heavy atom. The Hall–Kier alpha value is -3.83. The average molecular weight is 481 g/mol. The van der Waals surface area contributed by atoms with Crippen molar-refractivity contribution in [2.75, 3.05) is 34.4 Å². The largest absolute Gasteiger partial charge is 0.506 e. The number of aromatic hydroxyl groups is 1. The van der Waals surface area contributed by atoms with Crippen LogP contribution in [-0.4, -0.2) is 18.1 Å². The van der Waals surface area contributed by atoms with Crippen LogP contribution in [0.15, 0.2) is 65.6 Å². The molecule has 0 spiro atoms. The highest BCUT2D eigenvalue weighted by atomic mass is 32.2. The molecule has 0 aromatic heterocycles. The smallest absolute Gasteiger partial charge is 0.296 e. The second kappa shape index (κ2) is 15.9. The van der Waals surface area contributed by atoms with Gasteiger partial charge in [0.2, 0.25) is 0 Å². The Morgan fingerprint density at radius 1 is 0.606 bits per heavy atom. The minimum Gasteiger partial charge on any atom is -0.506 e. The van der Waals surface area contributed by atoms with Gasteiger partial charge in [0.05, 0.1) is 11.4 Å². The molecule has 10 nitrogen and oxygen atoms in total. The Morgan fingerprint density at radius 3 is 1.30 bits per heavy atom. The molecule has 0 aliphatic heterocycles. The third-order valence-corrected chi connectivity index (χ3v) is 4.20. The predicted octanol–water partition coefficient (Wildman–Crippen LogP) is 3.56. The van der Waals surface area contributed by atoms with E-state index in [1.807, 2.05) is 33.8 Å². The molecule has 11 heteroatoms. The van der Waals surface area contributed by atoms with Crippen molar-refractivity contribution in [3.63, 3.8) is 0 Å². The van der Waals surface area contributed by atoms with Crippen LogP contribution in [0.2, 0.25) is 0 Å². The summed E-state index contributed by atoms with van der Waals surface area (Å²) in [7, 11) is -4.23. The predicted molar refractivity (Wildman–Crippen MR) is 140 cm³/mol. The summed E-state index contributed by atoms with van der Waals surface area (Å²) in [6.45, 7) is 8.00. The standard InChI is InChI=1S/C6H8N2O3S.C6H8N2O.C6H8N2.2C2H6/c7-4-1-2-6(5(8)3-4)12(9,10)11;7-4-1-2-6(9)5(8)3-4;7-5-2-1-3-6(8)4-5;2*1-2/h1-3H,7-8H2,(H,9,10,11);1-3,9H,7-8H2;1-4H,7-8H2;2*1-2H3. The van der Waals surface area contributed by atoms with Crippen LogP contribution in [0.4, 0.5) is 34.1 Å². The fourth-order valence-corrected chi connectivity index (χ4v) is 2.53. The highest BCUT2D eigenvalue weighted by Gasteiger charge is 2.12. The lowest BCUT2D eigenvalue weighted by Crippen LogP contribution is -2.03. The highest BCUT2D eigenvalue weighted by Crippen LogP contribution is 2.21. The molecular weight excluding hydrogens is 444 g/mol. The second-order valence-corrected chi connectivity index (χ2v) is 7.15. The third-order valence-electron chi connectivity index (χ3n) is 3.27. The van der Waals surface area contributed by atoms with Crippen molar-refractivity contribution in [1.82, 2.24) is 0 Å². The number of hydrogen-bond acceptors (Lipinski definition) is 9. The number of phenols is 1. The van der Waals surface area contributed by atoms with Crippen molar-refractivity contribution >= 4 is 44.2 Å². The first-order valence-electron chi connectivity index (χ1n) is 9.97. The summed E-state index contributed by atoms with van der Waals surface area (Å²) in [5.41, 5.74) is 34.6. The number of nitrogen functional groups attached to an aromatic ring is 6. The molecule has 0 radical (unpaired) electrons. The van der Waals surface area contributed by atoms with E-state index in [0.717, 1.165) is 6.07 Å². The summed E-state index contributed by atoms with van der Waals surface area (Å²) in [6.07, 6.45) is 0. The van der Waals surface area contributed by atoms with E-state index < -0.39 is 10.1 Å². The van der Waals surface area contributed by atoms with E-state index in [0.29, 0.717) is 28.4 Å². The topological polar surface area (TPSA) is 231 Å². The zero-order valence-corrected chi connectivity index (χ0v) is 20.2. The van der Waals surface area contributed by atoms with Crippen LogP contribution >= 0.6 is 0 Å². The SMILES string of the molecule is CC.CC.Nc1ccc(O)c(N)c1.Nc1ccc(S(=O)(=O)O)c(N)c1.Nc1cccc(N)c1. The first kappa shape index (κ1) is 31.4. The van der Waals surface area contributed by atoms with E-state index in [9.17, 15) is 8.42 Å². The van der Waals surface area contributed by atoms with Crippen molar-refractivity contribution < 1.29 is 18.1 Å². The maximum absolute atomic E-state index is 10.6. The van der Waals surface area contributed by atoms with Gasteiger partial charge in [-0.05, 0) is 54.6 Å². The zero-order valence-electron chi connectivity index (χ0n) is 19.4. The molecule has 0 aliphatic carbocycles. The molecule has 0 saturated carbocycles. The van der Waals surface area contributed by atoms with Crippen molar-refractivity contribution in [2.24, 2.45) is 0 Å². The van der Waals surface area contributed by atoms with Gasteiger partial charge in [-0.3, -0.25) is 4.55 Å². The Labute approximate surface area is 195 Å². The van der Waals surface area contributed by atoms with Gasteiger partial charge in [0.1, 0.15) is 10.6 Å². The van der Waals surface area contributed by atoms with Gasteiger partial charge in [0, 0.05) is 22.7 Å². The lowest BCUT2D eigenvalue weighted by atomic mass is 10.3. The van der Waals surface area contributed by atoms with E-state index in [-0.39, 0.29) is 16.3 Å². The van der Waals surface area contributed by atoms with Crippen LogP contribution in [0.25, 0.3) is 0 Å². The summed E-state index contributed by atoms with van der Waals surface area (Å²) in [4.78, 5) is -0.322. The summed E-state index contributed by atoms with van der Waals surface area (Å²) in [6, 6.07) is 15.5. The fraction of sp³-hybridized carbons (Fsp3) is 0.182. The quantitative estimate of drug-likeness (QED) is 0.109. The molecule has 0 atom stereocenters. The summed E-state index contributed by atoms with van der Waals surface area (Å²) < 4.78 is 29.8. The molecule has 0 saturated heterocycles. The highest BCUT2D eigenvalue weighted by molar-refractivity contribution is 7.86. The molecule has 0 fully saturated rings. The molecule has 0 unspecified atom stereocenters. The molecule has 14 N–H and O–H groups in total.